The number of aromatic carboxylic acids is 1. The number of carbonyl (C=O) groups excluding carboxylic acids is 1. The molecule has 0 bridgehead atoms. The average molecular weight is 263 g/mol. The fraction of sp³-hybridized carbons (Fsp3) is 0.429. The molecule has 1 aromatic rings. The van der Waals surface area contributed by atoms with Gasteiger partial charge in [-0.1, -0.05) is 0 Å². The largest absolute Gasteiger partial charge is 0.478 e. The van der Waals surface area contributed by atoms with Crippen LogP contribution in [0.2, 0.25) is 0 Å². The molecular weight excluding hydrogens is 246 g/mol. The maximum absolute atomic E-state index is 12.0. The van der Waals surface area contributed by atoms with Gasteiger partial charge in [-0.3, -0.25) is 4.79 Å². The van der Waals surface area contributed by atoms with Crippen molar-refractivity contribution >= 4 is 11.9 Å². The lowest BCUT2D eigenvalue weighted by Gasteiger charge is -2.19. The maximum atomic E-state index is 12.0. The number of hydrogen-bond donors (Lipinski definition) is 2. The Hall–Kier alpha value is -1.88. The van der Waals surface area contributed by atoms with Gasteiger partial charge in [0.2, 0.25) is 0 Å². The number of carbonyl (C=O) groups is 2. The molecule has 1 aliphatic heterocycles. The topological polar surface area (TPSA) is 75.6 Å². The predicted molar refractivity (Wildman–Crippen MR) is 69.3 cm³/mol. The number of amides is 1. The van der Waals surface area contributed by atoms with Crippen molar-refractivity contribution in [2.75, 3.05) is 13.2 Å². The van der Waals surface area contributed by atoms with Crippen molar-refractivity contribution in [3.05, 3.63) is 35.4 Å². The quantitative estimate of drug-likeness (QED) is 0.864. The Balaban J connectivity index is 1.97. The van der Waals surface area contributed by atoms with Gasteiger partial charge in [0.25, 0.3) is 5.91 Å². The van der Waals surface area contributed by atoms with Gasteiger partial charge < -0.3 is 15.2 Å². The van der Waals surface area contributed by atoms with Crippen LogP contribution in [0.25, 0.3) is 0 Å². The van der Waals surface area contributed by atoms with Gasteiger partial charge in [0.1, 0.15) is 0 Å². The molecule has 0 spiro atoms. The van der Waals surface area contributed by atoms with Crippen molar-refractivity contribution in [1.82, 2.24) is 5.32 Å². The van der Waals surface area contributed by atoms with Crippen molar-refractivity contribution in [2.45, 2.75) is 19.4 Å². The molecule has 1 fully saturated rings. The molecule has 2 N–H and O–H groups in total. The molecule has 19 heavy (non-hydrogen) atoms. The van der Waals surface area contributed by atoms with Crippen LogP contribution < -0.4 is 5.32 Å². The first-order valence-corrected chi connectivity index (χ1v) is 6.30. The highest BCUT2D eigenvalue weighted by molar-refractivity contribution is 5.96. The molecule has 5 heteroatoms. The highest BCUT2D eigenvalue weighted by Gasteiger charge is 2.23. The van der Waals surface area contributed by atoms with Crippen LogP contribution in [0.3, 0.4) is 0 Å². The van der Waals surface area contributed by atoms with E-state index in [1.54, 1.807) is 0 Å². The first-order chi connectivity index (χ1) is 9.08. The summed E-state index contributed by atoms with van der Waals surface area (Å²) in [5.41, 5.74) is 0.643. The molecule has 2 unspecified atom stereocenters. The van der Waals surface area contributed by atoms with Gasteiger partial charge in [0.05, 0.1) is 12.2 Å². The summed E-state index contributed by atoms with van der Waals surface area (Å²) in [5, 5.41) is 11.7. The number of nitrogens with one attached hydrogen (secondary N) is 1. The van der Waals surface area contributed by atoms with Gasteiger partial charge >= 0.3 is 5.97 Å². The molecule has 5 nitrogen and oxygen atoms in total. The van der Waals surface area contributed by atoms with E-state index in [1.165, 1.54) is 24.3 Å². The average Bonchev–Trinajstić information content (AvgIpc) is 2.92. The van der Waals surface area contributed by atoms with E-state index in [2.05, 4.69) is 5.32 Å². The fourth-order valence-electron chi connectivity index (χ4n) is 2.12. The summed E-state index contributed by atoms with van der Waals surface area (Å²) in [5.74, 6) is -0.831. The first-order valence-electron chi connectivity index (χ1n) is 6.30. The number of carboxylic acids is 1. The van der Waals surface area contributed by atoms with E-state index in [4.69, 9.17) is 9.84 Å². The van der Waals surface area contributed by atoms with Crippen LogP contribution in [0.1, 0.15) is 34.1 Å². The first kappa shape index (κ1) is 13.5. The Labute approximate surface area is 111 Å². The van der Waals surface area contributed by atoms with E-state index in [1.807, 2.05) is 6.92 Å². The molecule has 1 aliphatic rings. The summed E-state index contributed by atoms with van der Waals surface area (Å²) in [6, 6.07) is 5.96. The number of benzene rings is 1. The number of hydrogen-bond acceptors (Lipinski definition) is 3. The van der Waals surface area contributed by atoms with E-state index in [0.717, 1.165) is 13.0 Å². The predicted octanol–water partition coefficient (Wildman–Crippen LogP) is 1.54. The monoisotopic (exact) mass is 263 g/mol. The Morgan fingerprint density at radius 2 is 1.95 bits per heavy atom. The molecule has 0 radical (unpaired) electrons. The van der Waals surface area contributed by atoms with Gasteiger partial charge in [-0.05, 0) is 37.6 Å². The van der Waals surface area contributed by atoms with Crippen molar-refractivity contribution < 1.29 is 19.4 Å². The van der Waals surface area contributed by atoms with E-state index in [0.29, 0.717) is 18.1 Å². The normalized spacial score (nSPS) is 19.9. The Bertz CT molecular complexity index is 463. The minimum absolute atomic E-state index is 0.0501. The molecule has 2 rings (SSSR count). The molecule has 1 saturated heterocycles. The van der Waals surface area contributed by atoms with E-state index in [-0.39, 0.29) is 17.5 Å². The number of rotatable bonds is 4. The molecule has 1 amide bonds. The lowest BCUT2D eigenvalue weighted by molar-refractivity contribution is 0.0696. The van der Waals surface area contributed by atoms with Crippen molar-refractivity contribution in [3.63, 3.8) is 0 Å². The molecule has 1 heterocycles. The lowest BCUT2D eigenvalue weighted by Crippen LogP contribution is -2.38. The van der Waals surface area contributed by atoms with E-state index < -0.39 is 5.97 Å². The van der Waals surface area contributed by atoms with Gasteiger partial charge in [0.15, 0.2) is 0 Å². The van der Waals surface area contributed by atoms with Gasteiger partial charge in [0, 0.05) is 24.1 Å². The molecular formula is C14H17NO4. The second-order valence-electron chi connectivity index (χ2n) is 4.77. The summed E-state index contributed by atoms with van der Waals surface area (Å²) in [6.45, 7) is 3.39. The standard InChI is InChI=1S/C14H17NO4/c1-9(12-6-7-19-8-12)15-13(16)10-2-4-11(5-3-10)14(17)18/h2-5,9,12H,6-8H2,1H3,(H,15,16)(H,17,18). The Morgan fingerprint density at radius 1 is 1.32 bits per heavy atom. The summed E-state index contributed by atoms with van der Waals surface area (Å²) in [4.78, 5) is 22.7. The van der Waals surface area contributed by atoms with E-state index >= 15 is 0 Å². The second kappa shape index (κ2) is 5.84. The summed E-state index contributed by atoms with van der Waals surface area (Å²) >= 11 is 0. The van der Waals surface area contributed by atoms with Gasteiger partial charge in [-0.25, -0.2) is 4.79 Å². The number of ether oxygens (including phenoxy) is 1. The highest BCUT2D eigenvalue weighted by Crippen LogP contribution is 2.16. The van der Waals surface area contributed by atoms with Crippen LogP contribution in [-0.2, 0) is 4.74 Å². The zero-order valence-electron chi connectivity index (χ0n) is 10.8. The van der Waals surface area contributed by atoms with Crippen LogP contribution in [0, 0.1) is 5.92 Å². The molecule has 0 aromatic heterocycles. The van der Waals surface area contributed by atoms with Crippen LogP contribution in [-0.4, -0.2) is 36.2 Å². The van der Waals surface area contributed by atoms with Gasteiger partial charge in [-0.2, -0.15) is 0 Å². The van der Waals surface area contributed by atoms with Gasteiger partial charge in [-0.15, -0.1) is 0 Å². The maximum Gasteiger partial charge on any atom is 0.335 e. The molecule has 102 valence electrons. The highest BCUT2D eigenvalue weighted by atomic mass is 16.5. The lowest BCUT2D eigenvalue weighted by atomic mass is 10.0. The number of carboxylic acid groups (broad SMARTS) is 1. The minimum Gasteiger partial charge on any atom is -0.478 e. The van der Waals surface area contributed by atoms with Crippen molar-refractivity contribution in [2.24, 2.45) is 5.92 Å². The van der Waals surface area contributed by atoms with Crippen LogP contribution in [0.5, 0.6) is 0 Å². The summed E-state index contributed by atoms with van der Waals surface area (Å²) in [6.07, 6.45) is 0.958. The van der Waals surface area contributed by atoms with E-state index in [9.17, 15) is 9.59 Å². The molecule has 0 aliphatic carbocycles. The zero-order valence-corrected chi connectivity index (χ0v) is 10.8. The van der Waals surface area contributed by atoms with Crippen LogP contribution >= 0.6 is 0 Å². The minimum atomic E-state index is -0.997. The molecule has 0 saturated carbocycles. The van der Waals surface area contributed by atoms with Crippen LogP contribution in [0.15, 0.2) is 24.3 Å². The zero-order chi connectivity index (χ0) is 13.8. The SMILES string of the molecule is CC(NC(=O)c1ccc(C(=O)O)cc1)C1CCOC1. The fourth-order valence-corrected chi connectivity index (χ4v) is 2.12. The second-order valence-corrected chi connectivity index (χ2v) is 4.77. The third kappa shape index (κ3) is 3.32. The Morgan fingerprint density at radius 3 is 2.47 bits per heavy atom. The van der Waals surface area contributed by atoms with Crippen molar-refractivity contribution in [3.8, 4) is 0 Å². The summed E-state index contributed by atoms with van der Waals surface area (Å²) < 4.78 is 5.29. The Kier molecular flexibility index (Phi) is 4.16. The molecule has 1 aromatic carbocycles. The molecule has 2 atom stereocenters. The third-order valence-electron chi connectivity index (χ3n) is 3.42. The smallest absolute Gasteiger partial charge is 0.335 e. The third-order valence-corrected chi connectivity index (χ3v) is 3.42. The summed E-state index contributed by atoms with van der Waals surface area (Å²) in [7, 11) is 0. The van der Waals surface area contributed by atoms with Crippen molar-refractivity contribution in [1.29, 1.82) is 0 Å². The van der Waals surface area contributed by atoms with Crippen LogP contribution in [0.4, 0.5) is 0 Å².